The molecular formula is C12H23N. The van der Waals surface area contributed by atoms with Gasteiger partial charge in [0.2, 0.25) is 0 Å². The molecule has 1 N–H and O–H groups in total. The Morgan fingerprint density at radius 1 is 1.23 bits per heavy atom. The van der Waals surface area contributed by atoms with Gasteiger partial charge in [0.15, 0.2) is 0 Å². The van der Waals surface area contributed by atoms with Crippen LogP contribution in [0.4, 0.5) is 0 Å². The third-order valence-electron chi connectivity index (χ3n) is 5.03. The van der Waals surface area contributed by atoms with E-state index in [-0.39, 0.29) is 0 Å². The van der Waals surface area contributed by atoms with E-state index in [1.807, 2.05) is 0 Å². The molecule has 76 valence electrons. The Morgan fingerprint density at radius 3 is 2.31 bits per heavy atom. The zero-order valence-electron chi connectivity index (χ0n) is 9.32. The highest BCUT2D eigenvalue weighted by Gasteiger charge is 2.62. The molecule has 0 radical (unpaired) electrons. The summed E-state index contributed by atoms with van der Waals surface area (Å²) < 4.78 is 0. The highest BCUT2D eigenvalue weighted by Crippen LogP contribution is 2.70. The molecular weight excluding hydrogens is 158 g/mol. The van der Waals surface area contributed by atoms with Gasteiger partial charge in [0.1, 0.15) is 0 Å². The average molecular weight is 181 g/mol. The van der Waals surface area contributed by atoms with E-state index in [4.69, 9.17) is 0 Å². The van der Waals surface area contributed by atoms with E-state index in [9.17, 15) is 0 Å². The van der Waals surface area contributed by atoms with Gasteiger partial charge < -0.3 is 5.32 Å². The van der Waals surface area contributed by atoms with E-state index >= 15 is 0 Å². The van der Waals surface area contributed by atoms with E-state index < -0.39 is 0 Å². The molecule has 1 nitrogen and oxygen atoms in total. The maximum Gasteiger partial charge on any atom is -0.00461 e. The smallest absolute Gasteiger partial charge is 0.00461 e. The van der Waals surface area contributed by atoms with Crippen LogP contribution in [-0.4, -0.2) is 13.1 Å². The summed E-state index contributed by atoms with van der Waals surface area (Å²) in [7, 11) is 0. The molecule has 1 heterocycles. The van der Waals surface area contributed by atoms with Crippen molar-refractivity contribution in [2.45, 2.75) is 46.5 Å². The lowest BCUT2D eigenvalue weighted by Gasteiger charge is -2.31. The second-order valence-corrected chi connectivity index (χ2v) is 5.53. The summed E-state index contributed by atoms with van der Waals surface area (Å²) >= 11 is 0. The molecule has 2 rings (SSSR count). The Bertz CT molecular complexity index is 195. The van der Waals surface area contributed by atoms with Gasteiger partial charge in [-0.05, 0) is 49.1 Å². The molecule has 0 aromatic carbocycles. The lowest BCUT2D eigenvalue weighted by molar-refractivity contribution is 0.202. The number of nitrogens with one attached hydrogen (secondary N) is 1. The van der Waals surface area contributed by atoms with Gasteiger partial charge >= 0.3 is 0 Å². The molecule has 2 unspecified atom stereocenters. The molecule has 2 aliphatic rings. The second-order valence-electron chi connectivity index (χ2n) is 5.53. The third kappa shape index (κ3) is 1.32. The summed E-state index contributed by atoms with van der Waals surface area (Å²) in [6.45, 7) is 9.86. The second kappa shape index (κ2) is 2.98. The fourth-order valence-electron chi connectivity index (χ4n) is 3.39. The molecule has 1 saturated heterocycles. The van der Waals surface area contributed by atoms with Gasteiger partial charge in [-0.2, -0.15) is 0 Å². The van der Waals surface area contributed by atoms with Crippen molar-refractivity contribution in [2.75, 3.05) is 13.1 Å². The molecule has 0 spiro atoms. The summed E-state index contributed by atoms with van der Waals surface area (Å²) in [5.74, 6) is 0.999. The Morgan fingerprint density at radius 2 is 1.85 bits per heavy atom. The monoisotopic (exact) mass is 181 g/mol. The first-order chi connectivity index (χ1) is 6.12. The lowest BCUT2D eigenvalue weighted by atomic mass is 9.77. The maximum absolute atomic E-state index is 3.46. The molecule has 0 bridgehead atoms. The van der Waals surface area contributed by atoms with E-state index in [0.717, 1.165) is 5.92 Å². The zero-order valence-corrected chi connectivity index (χ0v) is 9.32. The Hall–Kier alpha value is -0.0400. The van der Waals surface area contributed by atoms with Crippen molar-refractivity contribution in [1.29, 1.82) is 0 Å². The predicted octanol–water partition coefficient (Wildman–Crippen LogP) is 2.81. The number of rotatable bonds is 2. The van der Waals surface area contributed by atoms with Gasteiger partial charge in [0.05, 0.1) is 0 Å². The topological polar surface area (TPSA) is 12.0 Å². The number of hydrogen-bond acceptors (Lipinski definition) is 1. The Kier molecular flexibility index (Phi) is 2.18. The fourth-order valence-corrected chi connectivity index (χ4v) is 3.39. The van der Waals surface area contributed by atoms with Crippen LogP contribution >= 0.6 is 0 Å². The van der Waals surface area contributed by atoms with E-state index in [1.165, 1.54) is 38.8 Å². The van der Waals surface area contributed by atoms with Crippen molar-refractivity contribution in [3.8, 4) is 0 Å². The Labute approximate surface area is 82.3 Å². The first kappa shape index (κ1) is 9.51. The van der Waals surface area contributed by atoms with Crippen molar-refractivity contribution < 1.29 is 0 Å². The van der Waals surface area contributed by atoms with Crippen LogP contribution in [0.5, 0.6) is 0 Å². The fraction of sp³-hybridized carbons (Fsp3) is 1.00. The molecule has 2 fully saturated rings. The van der Waals surface area contributed by atoms with E-state index in [0.29, 0.717) is 10.8 Å². The number of hydrogen-bond donors (Lipinski definition) is 1. The minimum Gasteiger partial charge on any atom is -0.317 e. The summed E-state index contributed by atoms with van der Waals surface area (Å²) in [5.41, 5.74) is 1.36. The standard InChI is InChI=1S/C12H23N/c1-4-11(2)9-12(11,3)10-5-7-13-8-6-10/h10,13H,4-9H2,1-3H3. The van der Waals surface area contributed by atoms with Crippen LogP contribution in [-0.2, 0) is 0 Å². The first-order valence-electron chi connectivity index (χ1n) is 5.83. The van der Waals surface area contributed by atoms with Gasteiger partial charge in [-0.25, -0.2) is 0 Å². The molecule has 1 saturated carbocycles. The van der Waals surface area contributed by atoms with Crippen molar-refractivity contribution in [2.24, 2.45) is 16.7 Å². The van der Waals surface area contributed by atoms with Gasteiger partial charge in [-0.1, -0.05) is 27.2 Å². The summed E-state index contributed by atoms with van der Waals surface area (Å²) in [6.07, 6.45) is 5.66. The van der Waals surface area contributed by atoms with E-state index in [1.54, 1.807) is 0 Å². The lowest BCUT2D eigenvalue weighted by Crippen LogP contribution is -2.33. The summed E-state index contributed by atoms with van der Waals surface area (Å²) in [4.78, 5) is 0. The molecule has 0 aromatic rings. The maximum atomic E-state index is 3.46. The van der Waals surface area contributed by atoms with Crippen molar-refractivity contribution in [1.82, 2.24) is 5.32 Å². The van der Waals surface area contributed by atoms with Crippen LogP contribution in [0, 0.1) is 16.7 Å². The van der Waals surface area contributed by atoms with Crippen LogP contribution < -0.4 is 5.32 Å². The molecule has 13 heavy (non-hydrogen) atoms. The quantitative estimate of drug-likeness (QED) is 0.690. The minimum absolute atomic E-state index is 0.676. The normalized spacial score (nSPS) is 46.4. The molecule has 1 aliphatic heterocycles. The van der Waals surface area contributed by atoms with Gasteiger partial charge in [-0.3, -0.25) is 0 Å². The zero-order chi connectivity index (χ0) is 9.53. The van der Waals surface area contributed by atoms with Crippen LogP contribution in [0.25, 0.3) is 0 Å². The highest BCUT2D eigenvalue weighted by molar-refractivity contribution is 5.11. The van der Waals surface area contributed by atoms with Crippen molar-refractivity contribution >= 4 is 0 Å². The predicted molar refractivity (Wildman–Crippen MR) is 56.7 cm³/mol. The number of piperidine rings is 1. The van der Waals surface area contributed by atoms with Gasteiger partial charge in [-0.15, -0.1) is 0 Å². The molecule has 0 amide bonds. The average Bonchev–Trinajstić information content (AvgIpc) is 2.74. The molecule has 0 aromatic heterocycles. The first-order valence-corrected chi connectivity index (χ1v) is 5.83. The van der Waals surface area contributed by atoms with E-state index in [2.05, 4.69) is 26.1 Å². The van der Waals surface area contributed by atoms with Crippen LogP contribution in [0.15, 0.2) is 0 Å². The largest absolute Gasteiger partial charge is 0.317 e. The Balaban J connectivity index is 2.01. The highest BCUT2D eigenvalue weighted by atomic mass is 14.9. The van der Waals surface area contributed by atoms with Crippen LogP contribution in [0.3, 0.4) is 0 Å². The van der Waals surface area contributed by atoms with Crippen molar-refractivity contribution in [3.05, 3.63) is 0 Å². The molecule has 1 aliphatic carbocycles. The SMILES string of the molecule is CCC1(C)CC1(C)C1CCNCC1. The summed E-state index contributed by atoms with van der Waals surface area (Å²) in [5, 5.41) is 3.46. The molecule has 2 atom stereocenters. The van der Waals surface area contributed by atoms with Gasteiger partial charge in [0.25, 0.3) is 0 Å². The minimum atomic E-state index is 0.676. The summed E-state index contributed by atoms with van der Waals surface area (Å²) in [6, 6.07) is 0. The van der Waals surface area contributed by atoms with Crippen LogP contribution in [0.1, 0.15) is 46.5 Å². The van der Waals surface area contributed by atoms with Crippen molar-refractivity contribution in [3.63, 3.8) is 0 Å². The van der Waals surface area contributed by atoms with Gasteiger partial charge in [0, 0.05) is 0 Å². The third-order valence-corrected chi connectivity index (χ3v) is 5.03. The van der Waals surface area contributed by atoms with Crippen LogP contribution in [0.2, 0.25) is 0 Å². The molecule has 1 heteroatoms.